The number of anilines is 1. The van der Waals surface area contributed by atoms with Gasteiger partial charge in [0.25, 0.3) is 0 Å². The standard InChI is InChI=1S/C19H26N2O3/c1-12(22)21-16-8-6-14(7-9-16)17-10-18(17)20-11-13-2-4-15(5-3-13)19(23)24/h6-9,13,15,17-18,20H,2-5,10-11H2,1H3,(H,21,22)(H,23,24). The van der Waals surface area contributed by atoms with E-state index in [1.165, 1.54) is 12.5 Å². The molecule has 0 aromatic heterocycles. The summed E-state index contributed by atoms with van der Waals surface area (Å²) in [5.41, 5.74) is 2.16. The number of carbonyl (C=O) groups excluding carboxylic acids is 1. The summed E-state index contributed by atoms with van der Waals surface area (Å²) in [6.07, 6.45) is 4.84. The Kier molecular flexibility index (Phi) is 5.19. The molecule has 2 aliphatic rings. The zero-order valence-corrected chi connectivity index (χ0v) is 14.1. The molecular weight excluding hydrogens is 304 g/mol. The van der Waals surface area contributed by atoms with Gasteiger partial charge in [0.1, 0.15) is 0 Å². The maximum Gasteiger partial charge on any atom is 0.306 e. The Bertz CT molecular complexity index is 591. The van der Waals surface area contributed by atoms with Crippen molar-refractivity contribution in [2.45, 2.75) is 51.0 Å². The quantitative estimate of drug-likeness (QED) is 0.749. The molecule has 1 amide bonds. The van der Waals surface area contributed by atoms with Gasteiger partial charge in [-0.2, -0.15) is 0 Å². The molecule has 1 aromatic rings. The highest BCUT2D eigenvalue weighted by Crippen LogP contribution is 2.41. The normalized spacial score (nSPS) is 29.0. The first-order valence-corrected chi connectivity index (χ1v) is 8.86. The van der Waals surface area contributed by atoms with Gasteiger partial charge in [0.2, 0.25) is 5.91 Å². The Morgan fingerprint density at radius 3 is 2.38 bits per heavy atom. The van der Waals surface area contributed by atoms with Crippen LogP contribution in [0.2, 0.25) is 0 Å². The molecule has 3 rings (SSSR count). The lowest BCUT2D eigenvalue weighted by molar-refractivity contribution is -0.143. The minimum atomic E-state index is -0.633. The highest BCUT2D eigenvalue weighted by molar-refractivity contribution is 5.88. The van der Waals surface area contributed by atoms with Crippen LogP contribution in [0.25, 0.3) is 0 Å². The summed E-state index contributed by atoms with van der Waals surface area (Å²) in [4.78, 5) is 22.0. The summed E-state index contributed by atoms with van der Waals surface area (Å²) in [6.45, 7) is 2.51. The molecule has 130 valence electrons. The Morgan fingerprint density at radius 2 is 1.79 bits per heavy atom. The number of aliphatic carboxylic acids is 1. The van der Waals surface area contributed by atoms with Crippen LogP contribution in [0.5, 0.6) is 0 Å². The maximum absolute atomic E-state index is 11.0. The van der Waals surface area contributed by atoms with Crippen molar-refractivity contribution in [2.75, 3.05) is 11.9 Å². The summed E-state index contributed by atoms with van der Waals surface area (Å²) in [5, 5.41) is 15.5. The average Bonchev–Trinajstić information content (AvgIpc) is 3.33. The predicted octanol–water partition coefficient (Wildman–Crippen LogP) is 2.98. The van der Waals surface area contributed by atoms with E-state index in [9.17, 15) is 9.59 Å². The Morgan fingerprint density at radius 1 is 1.12 bits per heavy atom. The zero-order chi connectivity index (χ0) is 17.1. The van der Waals surface area contributed by atoms with Gasteiger partial charge in [-0.3, -0.25) is 9.59 Å². The number of amides is 1. The van der Waals surface area contributed by atoms with Crippen molar-refractivity contribution < 1.29 is 14.7 Å². The second-order valence-corrected chi connectivity index (χ2v) is 7.22. The monoisotopic (exact) mass is 330 g/mol. The molecule has 2 unspecified atom stereocenters. The second kappa shape index (κ2) is 7.34. The van der Waals surface area contributed by atoms with Gasteiger partial charge in [-0.25, -0.2) is 0 Å². The van der Waals surface area contributed by atoms with Gasteiger partial charge in [-0.05, 0) is 62.3 Å². The van der Waals surface area contributed by atoms with E-state index in [2.05, 4.69) is 22.8 Å². The molecule has 0 heterocycles. The van der Waals surface area contributed by atoms with Gasteiger partial charge in [0.05, 0.1) is 5.92 Å². The first-order chi connectivity index (χ1) is 11.5. The largest absolute Gasteiger partial charge is 0.481 e. The number of hydrogen-bond acceptors (Lipinski definition) is 3. The van der Waals surface area contributed by atoms with E-state index in [0.717, 1.165) is 44.3 Å². The number of carboxylic acid groups (broad SMARTS) is 1. The van der Waals surface area contributed by atoms with E-state index in [1.807, 2.05) is 12.1 Å². The van der Waals surface area contributed by atoms with Gasteiger partial charge in [0.15, 0.2) is 0 Å². The van der Waals surface area contributed by atoms with Crippen molar-refractivity contribution in [3.05, 3.63) is 29.8 Å². The number of carbonyl (C=O) groups is 2. The van der Waals surface area contributed by atoms with Crippen molar-refractivity contribution in [3.63, 3.8) is 0 Å². The number of benzene rings is 1. The minimum Gasteiger partial charge on any atom is -0.481 e. The van der Waals surface area contributed by atoms with Crippen LogP contribution in [0.15, 0.2) is 24.3 Å². The fraction of sp³-hybridized carbons (Fsp3) is 0.579. The van der Waals surface area contributed by atoms with Crippen molar-refractivity contribution >= 4 is 17.6 Å². The molecule has 1 aromatic carbocycles. The summed E-state index contributed by atoms with van der Waals surface area (Å²) in [7, 11) is 0. The van der Waals surface area contributed by atoms with Crippen molar-refractivity contribution in [1.29, 1.82) is 0 Å². The van der Waals surface area contributed by atoms with Crippen LogP contribution in [0.1, 0.15) is 50.5 Å². The van der Waals surface area contributed by atoms with Crippen LogP contribution in [0.4, 0.5) is 5.69 Å². The van der Waals surface area contributed by atoms with E-state index >= 15 is 0 Å². The van der Waals surface area contributed by atoms with Gasteiger partial charge in [0, 0.05) is 24.6 Å². The lowest BCUT2D eigenvalue weighted by Gasteiger charge is -2.26. The van der Waals surface area contributed by atoms with Gasteiger partial charge in [-0.1, -0.05) is 12.1 Å². The highest BCUT2D eigenvalue weighted by Gasteiger charge is 2.38. The number of rotatable bonds is 6. The van der Waals surface area contributed by atoms with E-state index < -0.39 is 5.97 Å². The number of carboxylic acids is 1. The van der Waals surface area contributed by atoms with E-state index in [-0.39, 0.29) is 11.8 Å². The first kappa shape index (κ1) is 17.0. The Balaban J connectivity index is 1.40. The zero-order valence-electron chi connectivity index (χ0n) is 14.1. The maximum atomic E-state index is 11.0. The third-order valence-corrected chi connectivity index (χ3v) is 5.31. The molecule has 2 fully saturated rings. The lowest BCUT2D eigenvalue weighted by atomic mass is 9.82. The summed E-state index contributed by atoms with van der Waals surface area (Å²) in [5.74, 6) is 0.366. The summed E-state index contributed by atoms with van der Waals surface area (Å²) in [6, 6.07) is 8.64. The molecule has 2 aliphatic carbocycles. The van der Waals surface area contributed by atoms with Crippen LogP contribution in [0, 0.1) is 11.8 Å². The predicted molar refractivity (Wildman–Crippen MR) is 93.0 cm³/mol. The third-order valence-electron chi connectivity index (χ3n) is 5.31. The van der Waals surface area contributed by atoms with Crippen LogP contribution >= 0.6 is 0 Å². The third kappa shape index (κ3) is 4.35. The smallest absolute Gasteiger partial charge is 0.306 e. The molecule has 0 radical (unpaired) electrons. The SMILES string of the molecule is CC(=O)Nc1ccc(C2CC2NCC2CCC(C(=O)O)CC2)cc1. The molecule has 2 saturated carbocycles. The molecule has 0 saturated heterocycles. The fourth-order valence-electron chi connectivity index (χ4n) is 3.74. The topological polar surface area (TPSA) is 78.4 Å². The van der Waals surface area contributed by atoms with E-state index in [0.29, 0.717) is 17.9 Å². The number of nitrogens with one attached hydrogen (secondary N) is 2. The van der Waals surface area contributed by atoms with Gasteiger partial charge < -0.3 is 15.7 Å². The minimum absolute atomic E-state index is 0.0497. The van der Waals surface area contributed by atoms with Crippen molar-refractivity contribution in [2.24, 2.45) is 11.8 Å². The van der Waals surface area contributed by atoms with Gasteiger partial charge >= 0.3 is 5.97 Å². The molecular formula is C19H26N2O3. The summed E-state index contributed by atoms with van der Waals surface area (Å²) >= 11 is 0. The molecule has 3 N–H and O–H groups in total. The molecule has 5 nitrogen and oxygen atoms in total. The molecule has 5 heteroatoms. The fourth-order valence-corrected chi connectivity index (χ4v) is 3.74. The molecule has 0 bridgehead atoms. The van der Waals surface area contributed by atoms with Crippen molar-refractivity contribution in [1.82, 2.24) is 5.32 Å². The highest BCUT2D eigenvalue weighted by atomic mass is 16.4. The van der Waals surface area contributed by atoms with Crippen LogP contribution in [-0.4, -0.2) is 29.6 Å². The molecule has 0 spiro atoms. The van der Waals surface area contributed by atoms with E-state index in [1.54, 1.807) is 0 Å². The summed E-state index contributed by atoms with van der Waals surface area (Å²) < 4.78 is 0. The van der Waals surface area contributed by atoms with Crippen LogP contribution < -0.4 is 10.6 Å². The van der Waals surface area contributed by atoms with Crippen molar-refractivity contribution in [3.8, 4) is 0 Å². The molecule has 2 atom stereocenters. The van der Waals surface area contributed by atoms with Crippen LogP contribution in [0.3, 0.4) is 0 Å². The molecule has 0 aliphatic heterocycles. The average molecular weight is 330 g/mol. The molecule has 24 heavy (non-hydrogen) atoms. The first-order valence-electron chi connectivity index (χ1n) is 8.86. The number of hydrogen-bond donors (Lipinski definition) is 3. The lowest BCUT2D eigenvalue weighted by Crippen LogP contribution is -2.30. The second-order valence-electron chi connectivity index (χ2n) is 7.22. The Hall–Kier alpha value is -1.88. The Labute approximate surface area is 142 Å². The van der Waals surface area contributed by atoms with E-state index in [4.69, 9.17) is 5.11 Å². The van der Waals surface area contributed by atoms with Gasteiger partial charge in [-0.15, -0.1) is 0 Å². The van der Waals surface area contributed by atoms with Crippen LogP contribution in [-0.2, 0) is 9.59 Å².